The summed E-state index contributed by atoms with van der Waals surface area (Å²) in [6.07, 6.45) is 5.94. The minimum Gasteiger partial charge on any atom is -0.383 e. The average molecular weight is 381 g/mol. The summed E-state index contributed by atoms with van der Waals surface area (Å²) >= 11 is 0. The standard InChI is InChI=1S/C20H36N4O3/c1-21-12-13-22(16-19(26)23-9-4-3-5-10-23)17-20(21)7-6-18(25)24(11-8-20)14-15-27-2/h3-17H2,1-2H3/t20-/m0/s1. The topological polar surface area (TPSA) is 56.3 Å². The van der Waals surface area contributed by atoms with Crippen LogP contribution in [0.2, 0.25) is 0 Å². The molecule has 3 fully saturated rings. The molecule has 0 radical (unpaired) electrons. The summed E-state index contributed by atoms with van der Waals surface area (Å²) in [6, 6.07) is 0. The summed E-state index contributed by atoms with van der Waals surface area (Å²) < 4.78 is 5.16. The first-order valence-electron chi connectivity index (χ1n) is 10.5. The van der Waals surface area contributed by atoms with E-state index in [1.54, 1.807) is 7.11 Å². The van der Waals surface area contributed by atoms with Crippen molar-refractivity contribution in [2.24, 2.45) is 0 Å². The fourth-order valence-corrected chi connectivity index (χ4v) is 4.78. The van der Waals surface area contributed by atoms with Crippen molar-refractivity contribution in [3.05, 3.63) is 0 Å². The first-order valence-corrected chi connectivity index (χ1v) is 10.5. The highest BCUT2D eigenvalue weighted by Crippen LogP contribution is 2.32. The molecule has 7 nitrogen and oxygen atoms in total. The van der Waals surface area contributed by atoms with Gasteiger partial charge in [0, 0.05) is 64.9 Å². The van der Waals surface area contributed by atoms with Crippen molar-refractivity contribution < 1.29 is 14.3 Å². The van der Waals surface area contributed by atoms with E-state index in [4.69, 9.17) is 4.74 Å². The monoisotopic (exact) mass is 380 g/mol. The number of likely N-dealkylation sites (tertiary alicyclic amines) is 2. The summed E-state index contributed by atoms with van der Waals surface area (Å²) in [6.45, 7) is 7.17. The second-order valence-electron chi connectivity index (χ2n) is 8.42. The third-order valence-corrected chi connectivity index (χ3v) is 6.72. The molecule has 2 amide bonds. The number of carbonyl (C=O) groups is 2. The zero-order valence-electron chi connectivity index (χ0n) is 17.1. The Morgan fingerprint density at radius 2 is 1.85 bits per heavy atom. The molecule has 0 unspecified atom stereocenters. The summed E-state index contributed by atoms with van der Waals surface area (Å²) in [7, 11) is 3.86. The molecule has 3 rings (SSSR count). The van der Waals surface area contributed by atoms with Crippen molar-refractivity contribution in [2.75, 3.05) is 73.1 Å². The first-order chi connectivity index (χ1) is 13.0. The second-order valence-corrected chi connectivity index (χ2v) is 8.42. The molecule has 3 aliphatic heterocycles. The number of methoxy groups -OCH3 is 1. The molecule has 0 aromatic heterocycles. The van der Waals surface area contributed by atoms with E-state index < -0.39 is 0 Å². The van der Waals surface area contributed by atoms with Gasteiger partial charge in [-0.05, 0) is 39.2 Å². The van der Waals surface area contributed by atoms with E-state index in [0.29, 0.717) is 26.1 Å². The normalized spacial score (nSPS) is 28.6. The van der Waals surface area contributed by atoms with E-state index in [0.717, 1.165) is 65.0 Å². The van der Waals surface area contributed by atoms with E-state index in [2.05, 4.69) is 16.8 Å². The molecule has 0 aromatic rings. The van der Waals surface area contributed by atoms with Crippen LogP contribution in [0.25, 0.3) is 0 Å². The minimum absolute atomic E-state index is 0.00207. The highest BCUT2D eigenvalue weighted by molar-refractivity contribution is 5.78. The highest BCUT2D eigenvalue weighted by atomic mass is 16.5. The van der Waals surface area contributed by atoms with Crippen LogP contribution >= 0.6 is 0 Å². The number of hydrogen-bond donors (Lipinski definition) is 0. The van der Waals surface area contributed by atoms with Crippen molar-refractivity contribution in [1.82, 2.24) is 19.6 Å². The van der Waals surface area contributed by atoms with Gasteiger partial charge in [-0.15, -0.1) is 0 Å². The van der Waals surface area contributed by atoms with E-state index in [9.17, 15) is 9.59 Å². The molecule has 3 heterocycles. The van der Waals surface area contributed by atoms with Gasteiger partial charge in [0.2, 0.25) is 11.8 Å². The Balaban J connectivity index is 1.60. The van der Waals surface area contributed by atoms with Gasteiger partial charge in [0.25, 0.3) is 0 Å². The van der Waals surface area contributed by atoms with Crippen molar-refractivity contribution >= 4 is 11.8 Å². The molecule has 3 saturated heterocycles. The Kier molecular flexibility index (Phi) is 7.11. The van der Waals surface area contributed by atoms with Crippen molar-refractivity contribution in [3.63, 3.8) is 0 Å². The molecule has 1 spiro atoms. The number of ether oxygens (including phenoxy) is 1. The zero-order chi connectivity index (χ0) is 19.3. The summed E-state index contributed by atoms with van der Waals surface area (Å²) in [5, 5.41) is 0. The molecule has 3 aliphatic rings. The largest absolute Gasteiger partial charge is 0.383 e. The number of nitrogens with zero attached hydrogens (tertiary/aromatic N) is 4. The van der Waals surface area contributed by atoms with Crippen LogP contribution in [-0.4, -0.2) is 110 Å². The predicted molar refractivity (Wildman–Crippen MR) is 105 cm³/mol. The van der Waals surface area contributed by atoms with Crippen LogP contribution in [-0.2, 0) is 14.3 Å². The van der Waals surface area contributed by atoms with Crippen LogP contribution in [0.1, 0.15) is 38.5 Å². The van der Waals surface area contributed by atoms with Crippen LogP contribution in [0.5, 0.6) is 0 Å². The van der Waals surface area contributed by atoms with E-state index in [1.807, 2.05) is 9.80 Å². The number of hydrogen-bond acceptors (Lipinski definition) is 5. The van der Waals surface area contributed by atoms with Gasteiger partial charge in [0.05, 0.1) is 13.2 Å². The smallest absolute Gasteiger partial charge is 0.236 e. The summed E-state index contributed by atoms with van der Waals surface area (Å²) in [5.74, 6) is 0.514. The molecule has 1 atom stereocenters. The molecule has 0 N–H and O–H groups in total. The van der Waals surface area contributed by atoms with Crippen molar-refractivity contribution in [3.8, 4) is 0 Å². The summed E-state index contributed by atoms with van der Waals surface area (Å²) in [4.78, 5) is 33.9. The van der Waals surface area contributed by atoms with Crippen LogP contribution in [0.4, 0.5) is 0 Å². The fourth-order valence-electron chi connectivity index (χ4n) is 4.78. The fraction of sp³-hybridized carbons (Fsp3) is 0.900. The van der Waals surface area contributed by atoms with Gasteiger partial charge in [0.15, 0.2) is 0 Å². The van der Waals surface area contributed by atoms with E-state index >= 15 is 0 Å². The minimum atomic E-state index is -0.00207. The Morgan fingerprint density at radius 3 is 2.59 bits per heavy atom. The lowest BCUT2D eigenvalue weighted by Gasteiger charge is -2.49. The third-order valence-electron chi connectivity index (χ3n) is 6.72. The summed E-state index contributed by atoms with van der Waals surface area (Å²) in [5.41, 5.74) is -0.00207. The molecular weight excluding hydrogens is 344 g/mol. The maximum Gasteiger partial charge on any atom is 0.236 e. The van der Waals surface area contributed by atoms with E-state index in [1.165, 1.54) is 6.42 Å². The van der Waals surface area contributed by atoms with Gasteiger partial charge in [-0.2, -0.15) is 0 Å². The molecule has 27 heavy (non-hydrogen) atoms. The Bertz CT molecular complexity index is 523. The second kappa shape index (κ2) is 9.34. The lowest BCUT2D eigenvalue weighted by atomic mass is 9.86. The maximum absolute atomic E-state index is 12.7. The van der Waals surface area contributed by atoms with Gasteiger partial charge >= 0.3 is 0 Å². The number of piperidine rings is 1. The number of rotatable bonds is 5. The zero-order valence-corrected chi connectivity index (χ0v) is 17.1. The molecule has 0 aliphatic carbocycles. The van der Waals surface area contributed by atoms with Crippen LogP contribution in [0.3, 0.4) is 0 Å². The molecule has 0 bridgehead atoms. The maximum atomic E-state index is 12.7. The Morgan fingerprint density at radius 1 is 1.07 bits per heavy atom. The number of carbonyl (C=O) groups excluding carboxylic acids is 2. The van der Waals surface area contributed by atoms with Gasteiger partial charge in [-0.3, -0.25) is 19.4 Å². The molecule has 0 aromatic carbocycles. The predicted octanol–water partition coefficient (Wildman–Crippen LogP) is 0.644. The molecule has 154 valence electrons. The van der Waals surface area contributed by atoms with Crippen molar-refractivity contribution in [2.45, 2.75) is 44.1 Å². The van der Waals surface area contributed by atoms with Gasteiger partial charge in [0.1, 0.15) is 0 Å². The average Bonchev–Trinajstić information content (AvgIpc) is 2.84. The van der Waals surface area contributed by atoms with Crippen LogP contribution in [0, 0.1) is 0 Å². The number of piperazine rings is 1. The van der Waals surface area contributed by atoms with Gasteiger partial charge in [-0.1, -0.05) is 0 Å². The van der Waals surface area contributed by atoms with Gasteiger partial charge < -0.3 is 14.5 Å². The molecule has 7 heteroatoms. The van der Waals surface area contributed by atoms with Gasteiger partial charge in [-0.25, -0.2) is 0 Å². The lowest BCUT2D eigenvalue weighted by molar-refractivity contribution is -0.135. The Labute approximate surface area is 163 Å². The number of likely N-dealkylation sites (N-methyl/N-ethyl adjacent to an activating group) is 1. The Hall–Kier alpha value is -1.18. The van der Waals surface area contributed by atoms with Crippen LogP contribution < -0.4 is 0 Å². The quantitative estimate of drug-likeness (QED) is 0.701. The van der Waals surface area contributed by atoms with E-state index in [-0.39, 0.29) is 17.4 Å². The first kappa shape index (κ1) is 20.6. The lowest BCUT2D eigenvalue weighted by Crippen LogP contribution is -2.62. The third kappa shape index (κ3) is 5.00. The molecule has 0 saturated carbocycles. The van der Waals surface area contributed by atoms with Crippen molar-refractivity contribution in [1.29, 1.82) is 0 Å². The number of amides is 2. The highest BCUT2D eigenvalue weighted by Gasteiger charge is 2.42. The SMILES string of the molecule is COCCN1CC[C@@]2(CCC1=O)CN(CC(=O)N1CCCCC1)CCN2C. The molecular formula is C20H36N4O3. The van der Waals surface area contributed by atoms with Crippen LogP contribution in [0.15, 0.2) is 0 Å².